The highest BCUT2D eigenvalue weighted by Crippen LogP contribution is 2.63. The van der Waals surface area contributed by atoms with E-state index in [1.165, 1.54) is 44.5 Å². The van der Waals surface area contributed by atoms with Crippen molar-refractivity contribution in [3.8, 4) is 22.3 Å². The van der Waals surface area contributed by atoms with Gasteiger partial charge in [-0.05, 0) is 88.8 Å². The van der Waals surface area contributed by atoms with Crippen LogP contribution in [0.5, 0.6) is 0 Å². The second-order valence-electron chi connectivity index (χ2n) is 11.6. The van der Waals surface area contributed by atoms with E-state index < -0.39 is 23.7 Å². The lowest BCUT2D eigenvalue weighted by atomic mass is 9.66. The molecule has 3 heteroatoms. The van der Waals surface area contributed by atoms with Crippen LogP contribution < -0.4 is 5.46 Å². The Morgan fingerprint density at radius 3 is 1.55 bits per heavy atom. The highest BCUT2D eigenvalue weighted by Gasteiger charge is 2.55. The van der Waals surface area contributed by atoms with E-state index in [0.29, 0.717) is 0 Å². The minimum absolute atomic E-state index is 0.436. The van der Waals surface area contributed by atoms with Gasteiger partial charge in [0.25, 0.3) is 0 Å². The van der Waals surface area contributed by atoms with Gasteiger partial charge in [-0.25, -0.2) is 0 Å². The van der Waals surface area contributed by atoms with Gasteiger partial charge in [-0.1, -0.05) is 104 Å². The zero-order valence-electron chi connectivity index (χ0n) is 22.5. The van der Waals surface area contributed by atoms with Crippen LogP contribution in [0.25, 0.3) is 34.4 Å². The number of benzene rings is 4. The molecular formula is C35H31BO2. The molecule has 2 nitrogen and oxygen atoms in total. The average molecular weight is 494 g/mol. The van der Waals surface area contributed by atoms with E-state index in [1.807, 2.05) is 12.2 Å². The zero-order valence-corrected chi connectivity index (χ0v) is 22.5. The van der Waals surface area contributed by atoms with E-state index in [2.05, 4.69) is 120 Å². The van der Waals surface area contributed by atoms with Crippen molar-refractivity contribution < 1.29 is 9.31 Å². The van der Waals surface area contributed by atoms with E-state index in [0.717, 1.165) is 16.6 Å². The molecule has 7 rings (SSSR count). The van der Waals surface area contributed by atoms with Crippen LogP contribution in [0.1, 0.15) is 61.1 Å². The Bertz CT molecular complexity index is 1610. The van der Waals surface area contributed by atoms with Crippen LogP contribution in [0.15, 0.2) is 92.0 Å². The van der Waals surface area contributed by atoms with E-state index in [-0.39, 0.29) is 0 Å². The van der Waals surface area contributed by atoms with Crippen LogP contribution in [0, 0.1) is 0 Å². The molecule has 4 aromatic rings. The number of fused-ring (bicyclic) bond motifs is 10. The Morgan fingerprint density at radius 2 is 1.05 bits per heavy atom. The molecule has 0 atom stereocenters. The van der Waals surface area contributed by atoms with Gasteiger partial charge in [0.1, 0.15) is 0 Å². The summed E-state index contributed by atoms with van der Waals surface area (Å²) in [6.07, 6.45) is 3.91. The lowest BCUT2D eigenvalue weighted by Gasteiger charge is -2.32. The van der Waals surface area contributed by atoms with E-state index in [1.54, 1.807) is 0 Å². The van der Waals surface area contributed by atoms with Crippen LogP contribution in [0.2, 0.25) is 0 Å². The lowest BCUT2D eigenvalue weighted by Crippen LogP contribution is -2.41. The summed E-state index contributed by atoms with van der Waals surface area (Å²) in [5, 5.41) is 0. The molecule has 0 saturated carbocycles. The predicted octanol–water partition coefficient (Wildman–Crippen LogP) is 7.62. The summed E-state index contributed by atoms with van der Waals surface area (Å²) in [6, 6.07) is 28.9. The van der Waals surface area contributed by atoms with Crippen molar-refractivity contribution in [2.75, 3.05) is 0 Å². The maximum atomic E-state index is 6.61. The first-order valence-electron chi connectivity index (χ1n) is 13.4. The van der Waals surface area contributed by atoms with Crippen LogP contribution in [0.4, 0.5) is 0 Å². The van der Waals surface area contributed by atoms with Crippen LogP contribution in [-0.4, -0.2) is 18.3 Å². The third kappa shape index (κ3) is 2.71. The molecule has 0 bridgehead atoms. The number of hydrogen-bond donors (Lipinski definition) is 0. The van der Waals surface area contributed by atoms with Gasteiger partial charge in [0.15, 0.2) is 0 Å². The third-order valence-corrected chi connectivity index (χ3v) is 9.31. The molecule has 1 saturated heterocycles. The van der Waals surface area contributed by atoms with Gasteiger partial charge < -0.3 is 9.31 Å². The molecule has 0 unspecified atom stereocenters. The van der Waals surface area contributed by atoms with E-state index >= 15 is 0 Å². The summed E-state index contributed by atoms with van der Waals surface area (Å²) in [6.45, 7) is 16.9. The summed E-state index contributed by atoms with van der Waals surface area (Å²) < 4.78 is 13.2. The molecule has 0 radical (unpaired) electrons. The van der Waals surface area contributed by atoms with Gasteiger partial charge in [-0.3, -0.25) is 0 Å². The molecule has 1 spiro atoms. The molecule has 0 amide bonds. The SMILES string of the molecule is C=Cc1c(B2OC(C)(C)C(C)(C)O2)cc2c(c1C=C)-c1ccccc1C21c2ccccc2-c2ccccc21. The van der Waals surface area contributed by atoms with Crippen molar-refractivity contribution >= 4 is 24.7 Å². The smallest absolute Gasteiger partial charge is 0.399 e. The highest BCUT2D eigenvalue weighted by atomic mass is 16.7. The molecule has 0 aromatic heterocycles. The van der Waals surface area contributed by atoms with Gasteiger partial charge in [0.2, 0.25) is 0 Å². The standard InChI is InChI=1S/C35H31BO2/c1-7-22-23(8-2)32-26-17-11-14-20-29(26)35(27-18-12-9-15-24(27)25-16-10-13-19-28(25)35)30(32)21-31(22)36-37-33(3,4)34(5,6)38-36/h7-21H,1-2H2,3-6H3. The van der Waals surface area contributed by atoms with Crippen molar-refractivity contribution in [1.82, 2.24) is 0 Å². The van der Waals surface area contributed by atoms with Crippen molar-refractivity contribution in [2.45, 2.75) is 44.3 Å². The van der Waals surface area contributed by atoms with Crippen LogP contribution in [0.3, 0.4) is 0 Å². The topological polar surface area (TPSA) is 18.5 Å². The molecule has 186 valence electrons. The maximum absolute atomic E-state index is 6.61. The summed E-state index contributed by atoms with van der Waals surface area (Å²) in [5.74, 6) is 0. The molecular weight excluding hydrogens is 463 g/mol. The molecule has 1 aliphatic heterocycles. The third-order valence-electron chi connectivity index (χ3n) is 9.31. The second kappa shape index (κ2) is 7.69. The molecule has 3 aliphatic rings. The first-order chi connectivity index (χ1) is 18.3. The Morgan fingerprint density at radius 1 is 0.605 bits per heavy atom. The maximum Gasteiger partial charge on any atom is 0.495 e. The normalized spacial score (nSPS) is 18.6. The lowest BCUT2D eigenvalue weighted by molar-refractivity contribution is 0.00578. The molecule has 38 heavy (non-hydrogen) atoms. The molecule has 1 heterocycles. The molecule has 1 fully saturated rings. The molecule has 0 N–H and O–H groups in total. The van der Waals surface area contributed by atoms with Crippen molar-refractivity contribution in [3.63, 3.8) is 0 Å². The summed E-state index contributed by atoms with van der Waals surface area (Å²) in [4.78, 5) is 0. The first kappa shape index (κ1) is 23.5. The van der Waals surface area contributed by atoms with Crippen LogP contribution >= 0.6 is 0 Å². The fourth-order valence-electron chi connectivity index (χ4n) is 6.92. The Balaban J connectivity index is 1.63. The van der Waals surface area contributed by atoms with Gasteiger partial charge in [0.05, 0.1) is 16.6 Å². The van der Waals surface area contributed by atoms with Crippen molar-refractivity contribution in [1.29, 1.82) is 0 Å². The molecule has 4 aromatic carbocycles. The monoisotopic (exact) mass is 494 g/mol. The quantitative estimate of drug-likeness (QED) is 0.236. The Kier molecular flexibility index (Phi) is 4.75. The number of rotatable bonds is 3. The highest BCUT2D eigenvalue weighted by molar-refractivity contribution is 6.63. The summed E-state index contributed by atoms with van der Waals surface area (Å²) in [7, 11) is -0.510. The average Bonchev–Trinajstić information content (AvgIpc) is 3.47. The molecule has 2 aliphatic carbocycles. The van der Waals surface area contributed by atoms with Gasteiger partial charge in [0, 0.05) is 0 Å². The van der Waals surface area contributed by atoms with Crippen molar-refractivity contribution in [2.24, 2.45) is 0 Å². The van der Waals surface area contributed by atoms with Gasteiger partial charge >= 0.3 is 7.12 Å². The van der Waals surface area contributed by atoms with Crippen LogP contribution in [-0.2, 0) is 14.7 Å². The largest absolute Gasteiger partial charge is 0.495 e. The van der Waals surface area contributed by atoms with Crippen molar-refractivity contribution in [3.05, 3.63) is 125 Å². The summed E-state index contributed by atoms with van der Waals surface area (Å²) in [5.41, 5.74) is 12.0. The van der Waals surface area contributed by atoms with Gasteiger partial charge in [-0.15, -0.1) is 0 Å². The van der Waals surface area contributed by atoms with E-state index in [9.17, 15) is 0 Å². The number of hydrogen-bond acceptors (Lipinski definition) is 2. The minimum Gasteiger partial charge on any atom is -0.399 e. The zero-order chi connectivity index (χ0) is 26.4. The fourth-order valence-corrected chi connectivity index (χ4v) is 6.92. The van der Waals surface area contributed by atoms with E-state index in [4.69, 9.17) is 9.31 Å². The second-order valence-corrected chi connectivity index (χ2v) is 11.6. The van der Waals surface area contributed by atoms with Gasteiger partial charge in [-0.2, -0.15) is 0 Å². The Labute approximate surface area is 225 Å². The Hall–Kier alpha value is -3.66. The minimum atomic E-state index is -0.510. The predicted molar refractivity (Wildman–Crippen MR) is 159 cm³/mol. The first-order valence-corrected chi connectivity index (χ1v) is 13.4. The fraction of sp³-hybridized carbons (Fsp3) is 0.200. The summed E-state index contributed by atoms with van der Waals surface area (Å²) >= 11 is 0.